The fourth-order valence-electron chi connectivity index (χ4n) is 2.51. The van der Waals surface area contributed by atoms with Crippen molar-refractivity contribution in [2.45, 2.75) is 25.3 Å². The third-order valence-electron chi connectivity index (χ3n) is 3.75. The molecule has 0 saturated heterocycles. The van der Waals surface area contributed by atoms with Gasteiger partial charge in [-0.3, -0.25) is 0 Å². The van der Waals surface area contributed by atoms with Crippen LogP contribution >= 0.6 is 0 Å². The third kappa shape index (κ3) is 2.35. The van der Waals surface area contributed by atoms with Crippen molar-refractivity contribution in [1.29, 1.82) is 0 Å². The molecule has 19 heavy (non-hydrogen) atoms. The molecule has 0 spiro atoms. The van der Waals surface area contributed by atoms with Crippen LogP contribution in [0.25, 0.3) is 0 Å². The van der Waals surface area contributed by atoms with Crippen LogP contribution in [0.2, 0.25) is 0 Å². The molecule has 4 heteroatoms. The van der Waals surface area contributed by atoms with Gasteiger partial charge in [-0.05, 0) is 24.3 Å². The maximum absolute atomic E-state index is 12.3. The normalized spacial score (nSPS) is 22.3. The Morgan fingerprint density at radius 2 is 1.95 bits per heavy atom. The number of carbonyl (C=O) groups excluding carboxylic acids is 1. The average Bonchev–Trinajstić information content (AvgIpc) is 3.18. The molecule has 1 aliphatic heterocycles. The van der Waals surface area contributed by atoms with Crippen LogP contribution in [0.3, 0.4) is 0 Å². The molecule has 4 nitrogen and oxygen atoms in total. The summed E-state index contributed by atoms with van der Waals surface area (Å²) in [4.78, 5) is 13.9. The quantitative estimate of drug-likeness (QED) is 0.802. The predicted molar refractivity (Wildman–Crippen MR) is 74.9 cm³/mol. The molecule has 0 bridgehead atoms. The number of hydrogen-bond acceptors (Lipinski definition) is 2. The van der Waals surface area contributed by atoms with E-state index in [1.165, 1.54) is 18.6 Å². The Hall–Kier alpha value is -1.84. The lowest BCUT2D eigenvalue weighted by Crippen LogP contribution is -2.36. The molecule has 0 N–H and O–H groups in total. The maximum atomic E-state index is 12.3. The smallest absolute Gasteiger partial charge is 0.329 e. The largest absolute Gasteiger partial charge is 0.340 e. The van der Waals surface area contributed by atoms with E-state index in [2.05, 4.69) is 17.2 Å². The second-order valence-corrected chi connectivity index (χ2v) is 5.52. The molecule has 3 rings (SSSR count). The van der Waals surface area contributed by atoms with Crippen molar-refractivity contribution in [3.05, 3.63) is 35.9 Å². The van der Waals surface area contributed by atoms with Gasteiger partial charge in [-0.25, -0.2) is 9.80 Å². The Labute approximate surface area is 113 Å². The standard InChI is InChI=1S/C15H19N3O/c1-17(2)15(19)18-14(12-6-4-3-5-7-12)10-13(16-18)11-8-9-11/h3-7,11,14H,8-10H2,1-2H3. The van der Waals surface area contributed by atoms with E-state index in [9.17, 15) is 4.79 Å². The van der Waals surface area contributed by atoms with Gasteiger partial charge in [0.05, 0.1) is 6.04 Å². The molecule has 0 radical (unpaired) electrons. The first-order valence-corrected chi connectivity index (χ1v) is 6.79. The lowest BCUT2D eigenvalue weighted by molar-refractivity contribution is 0.159. The van der Waals surface area contributed by atoms with E-state index in [0.717, 1.165) is 12.0 Å². The number of urea groups is 1. The molecule has 1 atom stereocenters. The van der Waals surface area contributed by atoms with Crippen LogP contribution in [0.15, 0.2) is 35.4 Å². The molecule has 2 amide bonds. The third-order valence-corrected chi connectivity index (χ3v) is 3.75. The maximum Gasteiger partial charge on any atom is 0.340 e. The van der Waals surface area contributed by atoms with Crippen LogP contribution in [-0.4, -0.2) is 35.7 Å². The summed E-state index contributed by atoms with van der Waals surface area (Å²) in [6, 6.07) is 10.2. The summed E-state index contributed by atoms with van der Waals surface area (Å²) >= 11 is 0. The topological polar surface area (TPSA) is 35.9 Å². The predicted octanol–water partition coefficient (Wildman–Crippen LogP) is 2.88. The highest BCUT2D eigenvalue weighted by molar-refractivity contribution is 5.93. The highest BCUT2D eigenvalue weighted by atomic mass is 16.2. The van der Waals surface area contributed by atoms with Gasteiger partial charge in [0.2, 0.25) is 0 Å². The monoisotopic (exact) mass is 257 g/mol. The molecule has 1 unspecified atom stereocenters. The minimum atomic E-state index is -0.0375. The fraction of sp³-hybridized carbons (Fsp3) is 0.467. The van der Waals surface area contributed by atoms with Crippen LogP contribution in [0, 0.1) is 5.92 Å². The fourth-order valence-corrected chi connectivity index (χ4v) is 2.51. The first kappa shape index (κ1) is 12.2. The van der Waals surface area contributed by atoms with E-state index in [1.807, 2.05) is 18.2 Å². The SMILES string of the molecule is CN(C)C(=O)N1N=C(C2CC2)CC1c1ccccc1. The van der Waals surface area contributed by atoms with Crippen LogP contribution in [0.1, 0.15) is 30.9 Å². The Balaban J connectivity index is 1.88. The molecule has 1 aromatic carbocycles. The Morgan fingerprint density at radius 3 is 2.53 bits per heavy atom. The van der Waals surface area contributed by atoms with E-state index >= 15 is 0 Å². The molecule has 100 valence electrons. The van der Waals surface area contributed by atoms with E-state index in [4.69, 9.17) is 0 Å². The van der Waals surface area contributed by atoms with Crippen LogP contribution in [0.4, 0.5) is 4.79 Å². The summed E-state index contributed by atoms with van der Waals surface area (Å²) in [5, 5.41) is 6.24. The summed E-state index contributed by atoms with van der Waals surface area (Å²) in [5.41, 5.74) is 2.36. The minimum absolute atomic E-state index is 0.0375. The molecule has 1 saturated carbocycles. The van der Waals surface area contributed by atoms with E-state index < -0.39 is 0 Å². The Bertz CT molecular complexity index is 505. The highest BCUT2D eigenvalue weighted by Gasteiger charge is 2.39. The Kier molecular flexibility index (Phi) is 3.01. The molecule has 1 aromatic rings. The number of hydrogen-bond donors (Lipinski definition) is 0. The van der Waals surface area contributed by atoms with Crippen LogP contribution in [0.5, 0.6) is 0 Å². The number of amides is 2. The van der Waals surface area contributed by atoms with Gasteiger partial charge in [0, 0.05) is 26.2 Å². The molecule has 1 aliphatic carbocycles. The van der Waals surface area contributed by atoms with Gasteiger partial charge in [-0.2, -0.15) is 5.10 Å². The summed E-state index contributed by atoms with van der Waals surface area (Å²) in [6.45, 7) is 0. The second kappa shape index (κ2) is 4.68. The summed E-state index contributed by atoms with van der Waals surface area (Å²) in [7, 11) is 3.55. The molecular weight excluding hydrogens is 238 g/mol. The number of hydrazone groups is 1. The summed E-state index contributed by atoms with van der Waals surface area (Å²) < 4.78 is 0. The molecule has 2 aliphatic rings. The van der Waals surface area contributed by atoms with Gasteiger partial charge in [-0.15, -0.1) is 0 Å². The molecule has 1 heterocycles. The van der Waals surface area contributed by atoms with Gasteiger partial charge < -0.3 is 4.90 Å². The van der Waals surface area contributed by atoms with Gasteiger partial charge >= 0.3 is 6.03 Å². The van der Waals surface area contributed by atoms with Crippen molar-refractivity contribution in [3.8, 4) is 0 Å². The first-order chi connectivity index (χ1) is 9.16. The lowest BCUT2D eigenvalue weighted by Gasteiger charge is -2.25. The van der Waals surface area contributed by atoms with Crippen LogP contribution < -0.4 is 0 Å². The average molecular weight is 257 g/mol. The van der Waals surface area contributed by atoms with Gasteiger partial charge in [0.15, 0.2) is 0 Å². The summed E-state index contributed by atoms with van der Waals surface area (Å²) in [6.07, 6.45) is 3.34. The van der Waals surface area contributed by atoms with Crippen molar-refractivity contribution < 1.29 is 4.79 Å². The van der Waals surface area contributed by atoms with E-state index in [0.29, 0.717) is 5.92 Å². The zero-order valence-corrected chi connectivity index (χ0v) is 11.4. The molecular formula is C15H19N3O. The lowest BCUT2D eigenvalue weighted by atomic mass is 10.0. The van der Waals surface area contributed by atoms with Crippen molar-refractivity contribution in [1.82, 2.24) is 9.91 Å². The zero-order chi connectivity index (χ0) is 13.4. The number of nitrogens with zero attached hydrogens (tertiary/aromatic N) is 3. The summed E-state index contributed by atoms with van der Waals surface area (Å²) in [5.74, 6) is 0.617. The van der Waals surface area contributed by atoms with Crippen LogP contribution in [-0.2, 0) is 0 Å². The van der Waals surface area contributed by atoms with Gasteiger partial charge in [-0.1, -0.05) is 30.3 Å². The number of rotatable bonds is 2. The van der Waals surface area contributed by atoms with Crippen molar-refractivity contribution >= 4 is 11.7 Å². The Morgan fingerprint density at radius 1 is 1.26 bits per heavy atom. The number of carbonyl (C=O) groups is 1. The van der Waals surface area contributed by atoms with E-state index in [-0.39, 0.29) is 12.1 Å². The van der Waals surface area contributed by atoms with Crippen molar-refractivity contribution in [3.63, 3.8) is 0 Å². The highest BCUT2D eigenvalue weighted by Crippen LogP contribution is 2.40. The van der Waals surface area contributed by atoms with E-state index in [1.54, 1.807) is 24.0 Å². The van der Waals surface area contributed by atoms with Crippen molar-refractivity contribution in [2.24, 2.45) is 11.0 Å². The second-order valence-electron chi connectivity index (χ2n) is 5.52. The van der Waals surface area contributed by atoms with Gasteiger partial charge in [0.25, 0.3) is 0 Å². The number of benzene rings is 1. The first-order valence-electron chi connectivity index (χ1n) is 6.79. The molecule has 1 fully saturated rings. The minimum Gasteiger partial charge on any atom is -0.329 e. The van der Waals surface area contributed by atoms with Gasteiger partial charge in [0.1, 0.15) is 0 Å². The molecule has 0 aromatic heterocycles. The van der Waals surface area contributed by atoms with Crippen molar-refractivity contribution in [2.75, 3.05) is 14.1 Å². The zero-order valence-electron chi connectivity index (χ0n) is 11.4.